The molecular weight excluding hydrogens is 341 g/mol. The molecule has 9 heteroatoms. The molecule has 0 unspecified atom stereocenters. The molecule has 0 N–H and O–H groups in total. The van der Waals surface area contributed by atoms with Crippen molar-refractivity contribution in [2.75, 3.05) is 13.1 Å². The van der Waals surface area contributed by atoms with Crippen LogP contribution in [0.2, 0.25) is 0 Å². The van der Waals surface area contributed by atoms with Crippen molar-refractivity contribution in [3.63, 3.8) is 0 Å². The fraction of sp³-hybridized carbons (Fsp3) is 0.500. The van der Waals surface area contributed by atoms with Gasteiger partial charge in [0, 0.05) is 23.8 Å². The first kappa shape index (κ1) is 16.7. The van der Waals surface area contributed by atoms with Gasteiger partial charge in [-0.15, -0.1) is 0 Å². The van der Waals surface area contributed by atoms with E-state index in [1.807, 2.05) is 0 Å². The molecule has 0 saturated carbocycles. The summed E-state index contributed by atoms with van der Waals surface area (Å²) < 4.78 is 62.4. The van der Waals surface area contributed by atoms with Crippen LogP contribution in [0.5, 0.6) is 0 Å². The largest absolute Gasteiger partial charge is 0.261 e. The quantitative estimate of drug-likeness (QED) is 0.780. The highest BCUT2D eigenvalue weighted by Crippen LogP contribution is 2.25. The van der Waals surface area contributed by atoms with Crippen LogP contribution in [-0.4, -0.2) is 34.2 Å². The smallest absolute Gasteiger partial charge is 0.207 e. The maximum absolute atomic E-state index is 14.0. The first-order valence-electron chi connectivity index (χ1n) is 6.47. The summed E-state index contributed by atoms with van der Waals surface area (Å²) in [5, 5.41) is 0. The molecule has 0 atom stereocenters. The van der Waals surface area contributed by atoms with E-state index in [0.29, 0.717) is 19.2 Å². The molecule has 1 aromatic rings. The summed E-state index contributed by atoms with van der Waals surface area (Å²) >= 11 is 0. The van der Waals surface area contributed by atoms with Crippen molar-refractivity contribution in [2.45, 2.75) is 35.5 Å². The van der Waals surface area contributed by atoms with Gasteiger partial charge in [-0.2, -0.15) is 4.31 Å². The van der Waals surface area contributed by atoms with Crippen LogP contribution in [0, 0.1) is 5.82 Å². The van der Waals surface area contributed by atoms with E-state index in [1.54, 1.807) is 0 Å². The molecule has 118 valence electrons. The van der Waals surface area contributed by atoms with Crippen molar-refractivity contribution < 1.29 is 21.2 Å². The minimum absolute atomic E-state index is 0.345. The third kappa shape index (κ3) is 3.74. The third-order valence-electron chi connectivity index (χ3n) is 3.37. The lowest BCUT2D eigenvalue weighted by Gasteiger charge is -2.20. The number of sulfonamides is 1. The number of rotatable bonds is 3. The standard InChI is InChI=1S/C12H15ClFNO4S2/c13-20(16,17)10-5-6-12(11(14)9-10)21(18,19)15-7-3-1-2-4-8-15/h5-6,9H,1-4,7-8H2. The van der Waals surface area contributed by atoms with Crippen LogP contribution in [0.3, 0.4) is 0 Å². The highest BCUT2D eigenvalue weighted by molar-refractivity contribution is 8.13. The van der Waals surface area contributed by atoms with Gasteiger partial charge in [0.2, 0.25) is 10.0 Å². The van der Waals surface area contributed by atoms with Gasteiger partial charge in [0.15, 0.2) is 0 Å². The molecule has 0 radical (unpaired) electrons. The molecule has 0 aromatic heterocycles. The van der Waals surface area contributed by atoms with Gasteiger partial charge in [0.05, 0.1) is 4.90 Å². The minimum atomic E-state index is -4.09. The monoisotopic (exact) mass is 355 g/mol. The Hall–Kier alpha value is -0.700. The summed E-state index contributed by atoms with van der Waals surface area (Å²) in [6.45, 7) is 0.689. The predicted molar refractivity (Wildman–Crippen MR) is 76.7 cm³/mol. The molecule has 1 heterocycles. The molecule has 0 aliphatic carbocycles. The number of hydrogen-bond donors (Lipinski definition) is 0. The van der Waals surface area contributed by atoms with Gasteiger partial charge in [-0.25, -0.2) is 21.2 Å². The molecule has 1 fully saturated rings. The molecule has 1 saturated heterocycles. The molecule has 1 aromatic carbocycles. The normalized spacial score (nSPS) is 18.4. The Bertz CT molecular complexity index is 726. The van der Waals surface area contributed by atoms with Crippen LogP contribution in [0.15, 0.2) is 28.0 Å². The Morgan fingerprint density at radius 2 is 1.57 bits per heavy atom. The van der Waals surface area contributed by atoms with Crippen molar-refractivity contribution >= 4 is 29.8 Å². The molecule has 0 spiro atoms. The lowest BCUT2D eigenvalue weighted by atomic mass is 10.2. The van der Waals surface area contributed by atoms with Crippen molar-refractivity contribution in [3.8, 4) is 0 Å². The molecule has 0 bridgehead atoms. The summed E-state index contributed by atoms with van der Waals surface area (Å²) in [4.78, 5) is -0.982. The van der Waals surface area contributed by atoms with E-state index in [2.05, 4.69) is 0 Å². The van der Waals surface area contributed by atoms with Crippen molar-refractivity contribution in [2.24, 2.45) is 0 Å². The summed E-state index contributed by atoms with van der Waals surface area (Å²) in [5.41, 5.74) is 0. The van der Waals surface area contributed by atoms with Gasteiger partial charge < -0.3 is 0 Å². The Balaban J connectivity index is 2.40. The first-order chi connectivity index (χ1) is 9.73. The second kappa shape index (κ2) is 6.20. The molecule has 5 nitrogen and oxygen atoms in total. The van der Waals surface area contributed by atoms with Crippen molar-refractivity contribution in [1.29, 1.82) is 0 Å². The van der Waals surface area contributed by atoms with Gasteiger partial charge >= 0.3 is 0 Å². The van der Waals surface area contributed by atoms with Gasteiger partial charge in [-0.1, -0.05) is 12.8 Å². The first-order valence-corrected chi connectivity index (χ1v) is 10.2. The van der Waals surface area contributed by atoms with Gasteiger partial charge in [0.25, 0.3) is 9.05 Å². The van der Waals surface area contributed by atoms with E-state index in [4.69, 9.17) is 10.7 Å². The van der Waals surface area contributed by atoms with Crippen molar-refractivity contribution in [3.05, 3.63) is 24.0 Å². The minimum Gasteiger partial charge on any atom is -0.207 e. The Morgan fingerprint density at radius 3 is 2.05 bits per heavy atom. The van der Waals surface area contributed by atoms with E-state index in [-0.39, 0.29) is 0 Å². The summed E-state index contributed by atoms with van der Waals surface area (Å²) in [7, 11) is -2.94. The topological polar surface area (TPSA) is 71.5 Å². The van der Waals surface area contributed by atoms with Crippen LogP contribution >= 0.6 is 10.7 Å². The molecule has 2 rings (SSSR count). The predicted octanol–water partition coefficient (Wildman–Crippen LogP) is 2.32. The van der Waals surface area contributed by atoms with E-state index in [0.717, 1.165) is 37.8 Å². The van der Waals surface area contributed by atoms with Gasteiger partial charge in [-0.05, 0) is 31.0 Å². The zero-order chi connectivity index (χ0) is 15.7. The Kier molecular flexibility index (Phi) is 4.92. The Morgan fingerprint density at radius 1 is 1.00 bits per heavy atom. The van der Waals surface area contributed by atoms with E-state index in [1.165, 1.54) is 4.31 Å². The summed E-state index contributed by atoms with van der Waals surface area (Å²) in [6.07, 6.45) is 3.35. The molecular formula is C12H15ClFNO4S2. The molecule has 1 aliphatic heterocycles. The number of nitrogens with zero attached hydrogens (tertiary/aromatic N) is 1. The summed E-state index contributed by atoms with van der Waals surface area (Å²) in [5.74, 6) is -1.11. The van der Waals surface area contributed by atoms with E-state index in [9.17, 15) is 21.2 Å². The van der Waals surface area contributed by atoms with Crippen LogP contribution < -0.4 is 0 Å². The zero-order valence-corrected chi connectivity index (χ0v) is 13.5. The number of benzene rings is 1. The van der Waals surface area contributed by atoms with Gasteiger partial charge in [-0.3, -0.25) is 0 Å². The van der Waals surface area contributed by atoms with Gasteiger partial charge in [0.1, 0.15) is 10.7 Å². The van der Waals surface area contributed by atoms with Crippen LogP contribution in [0.1, 0.15) is 25.7 Å². The van der Waals surface area contributed by atoms with E-state index >= 15 is 0 Å². The highest BCUT2D eigenvalue weighted by atomic mass is 35.7. The SMILES string of the molecule is O=S(=O)(Cl)c1ccc(S(=O)(=O)N2CCCCCC2)c(F)c1. The molecule has 1 aliphatic rings. The second-order valence-electron chi connectivity index (χ2n) is 4.85. The molecule has 21 heavy (non-hydrogen) atoms. The fourth-order valence-electron chi connectivity index (χ4n) is 2.26. The average molecular weight is 356 g/mol. The zero-order valence-electron chi connectivity index (χ0n) is 11.1. The third-order valence-corrected chi connectivity index (χ3v) is 6.65. The highest BCUT2D eigenvalue weighted by Gasteiger charge is 2.28. The Labute approximate surface area is 128 Å². The number of hydrogen-bond acceptors (Lipinski definition) is 4. The maximum Gasteiger partial charge on any atom is 0.261 e. The van der Waals surface area contributed by atoms with Crippen LogP contribution in [-0.2, 0) is 19.1 Å². The summed E-state index contributed by atoms with van der Waals surface area (Å²) in [6, 6.07) is 2.58. The lowest BCUT2D eigenvalue weighted by molar-refractivity contribution is 0.419. The number of halogens is 2. The van der Waals surface area contributed by atoms with Crippen LogP contribution in [0.4, 0.5) is 4.39 Å². The average Bonchev–Trinajstić information content (AvgIpc) is 2.66. The maximum atomic E-state index is 14.0. The second-order valence-corrected chi connectivity index (χ2v) is 9.32. The fourth-order valence-corrected chi connectivity index (χ4v) is 4.59. The molecule has 0 amide bonds. The van der Waals surface area contributed by atoms with E-state index < -0.39 is 34.7 Å². The van der Waals surface area contributed by atoms with Crippen LogP contribution in [0.25, 0.3) is 0 Å². The lowest BCUT2D eigenvalue weighted by Crippen LogP contribution is -2.32. The van der Waals surface area contributed by atoms with Crippen molar-refractivity contribution in [1.82, 2.24) is 4.31 Å².